The monoisotopic (exact) mass is 286 g/mol. The first-order valence-electron chi connectivity index (χ1n) is 6.36. The number of carbonyl (C=O) groups excluding carboxylic acids is 1. The van der Waals surface area contributed by atoms with Crippen LogP contribution >= 0.6 is 0 Å². The summed E-state index contributed by atoms with van der Waals surface area (Å²) >= 11 is 0. The number of anilines is 2. The lowest BCUT2D eigenvalue weighted by molar-refractivity contribution is 0.102. The largest absolute Gasteiger partial charge is 0.366 e. The van der Waals surface area contributed by atoms with Gasteiger partial charge in [-0.15, -0.1) is 6.58 Å². The second kappa shape index (κ2) is 6.60. The molecule has 0 unspecified atom stereocenters. The minimum absolute atomic E-state index is 0.111. The van der Waals surface area contributed by atoms with Gasteiger partial charge in [-0.1, -0.05) is 18.2 Å². The normalized spacial score (nSPS) is 10.0. The molecule has 6 heteroatoms. The van der Waals surface area contributed by atoms with Crippen molar-refractivity contribution < 1.29 is 9.18 Å². The van der Waals surface area contributed by atoms with E-state index in [2.05, 4.69) is 27.2 Å². The van der Waals surface area contributed by atoms with E-state index in [0.29, 0.717) is 18.2 Å². The van der Waals surface area contributed by atoms with E-state index in [9.17, 15) is 9.18 Å². The average Bonchev–Trinajstić information content (AvgIpc) is 2.47. The number of rotatable bonds is 5. The standard InChI is InChI=1S/C15H15FN4O/c1-3-8-17-14-9-13(18-10(2)19-14)15(21)20-12-7-5-4-6-11(12)16/h3-7,9H,1,8H2,2H3,(H,20,21)(H,17,18,19). The summed E-state index contributed by atoms with van der Waals surface area (Å²) < 4.78 is 13.5. The van der Waals surface area contributed by atoms with Crippen LogP contribution in [0.4, 0.5) is 15.9 Å². The van der Waals surface area contributed by atoms with E-state index in [1.165, 1.54) is 18.2 Å². The van der Waals surface area contributed by atoms with Gasteiger partial charge in [0.25, 0.3) is 5.91 Å². The van der Waals surface area contributed by atoms with Crippen molar-refractivity contribution in [3.63, 3.8) is 0 Å². The molecule has 2 N–H and O–H groups in total. The molecule has 0 saturated carbocycles. The van der Waals surface area contributed by atoms with E-state index in [1.54, 1.807) is 25.1 Å². The van der Waals surface area contributed by atoms with E-state index in [4.69, 9.17) is 0 Å². The molecular formula is C15H15FN4O. The molecule has 0 saturated heterocycles. The molecule has 2 aromatic rings. The Balaban J connectivity index is 2.20. The van der Waals surface area contributed by atoms with Crippen LogP contribution in [-0.2, 0) is 0 Å². The SMILES string of the molecule is C=CCNc1cc(C(=O)Nc2ccccc2F)nc(C)n1. The van der Waals surface area contributed by atoms with Crippen molar-refractivity contribution >= 4 is 17.4 Å². The summed E-state index contributed by atoms with van der Waals surface area (Å²) in [5.74, 6) is -0.0299. The predicted molar refractivity (Wildman–Crippen MR) is 79.8 cm³/mol. The lowest BCUT2D eigenvalue weighted by Crippen LogP contribution is -2.16. The number of amides is 1. The zero-order chi connectivity index (χ0) is 15.2. The molecule has 0 spiro atoms. The number of benzene rings is 1. The van der Waals surface area contributed by atoms with Crippen molar-refractivity contribution in [2.45, 2.75) is 6.92 Å². The number of halogens is 1. The Bertz CT molecular complexity index is 672. The molecule has 0 fully saturated rings. The van der Waals surface area contributed by atoms with Gasteiger partial charge in [0.2, 0.25) is 0 Å². The van der Waals surface area contributed by atoms with E-state index in [-0.39, 0.29) is 11.4 Å². The molecule has 1 aromatic heterocycles. The molecule has 0 aliphatic carbocycles. The molecule has 0 bridgehead atoms. The molecule has 21 heavy (non-hydrogen) atoms. The van der Waals surface area contributed by atoms with Crippen LogP contribution in [0.1, 0.15) is 16.3 Å². The molecule has 1 amide bonds. The third-order valence-electron chi connectivity index (χ3n) is 2.62. The highest BCUT2D eigenvalue weighted by molar-refractivity contribution is 6.03. The van der Waals surface area contributed by atoms with Crippen molar-refractivity contribution in [3.05, 3.63) is 60.3 Å². The summed E-state index contributed by atoms with van der Waals surface area (Å²) in [6.45, 7) is 5.79. The summed E-state index contributed by atoms with van der Waals surface area (Å²) in [4.78, 5) is 20.3. The highest BCUT2D eigenvalue weighted by Gasteiger charge is 2.12. The van der Waals surface area contributed by atoms with Crippen molar-refractivity contribution in [2.75, 3.05) is 17.2 Å². The van der Waals surface area contributed by atoms with Crippen LogP contribution in [0.3, 0.4) is 0 Å². The summed E-state index contributed by atoms with van der Waals surface area (Å²) in [6, 6.07) is 7.46. The van der Waals surface area contributed by atoms with E-state index in [1.807, 2.05) is 0 Å². The maximum atomic E-state index is 13.5. The van der Waals surface area contributed by atoms with Crippen LogP contribution in [-0.4, -0.2) is 22.4 Å². The molecule has 2 rings (SSSR count). The van der Waals surface area contributed by atoms with Gasteiger partial charge in [0.15, 0.2) is 0 Å². The quantitative estimate of drug-likeness (QED) is 0.829. The van der Waals surface area contributed by atoms with Gasteiger partial charge in [-0.05, 0) is 19.1 Å². The Labute approximate surface area is 121 Å². The highest BCUT2D eigenvalue weighted by atomic mass is 19.1. The van der Waals surface area contributed by atoms with Crippen molar-refractivity contribution in [1.82, 2.24) is 9.97 Å². The van der Waals surface area contributed by atoms with Crippen molar-refractivity contribution in [1.29, 1.82) is 0 Å². The maximum Gasteiger partial charge on any atom is 0.274 e. The van der Waals surface area contributed by atoms with Gasteiger partial charge in [-0.2, -0.15) is 0 Å². The summed E-state index contributed by atoms with van der Waals surface area (Å²) in [5.41, 5.74) is 0.275. The Morgan fingerprint density at radius 1 is 1.38 bits per heavy atom. The van der Waals surface area contributed by atoms with Crippen molar-refractivity contribution in [3.8, 4) is 0 Å². The number of nitrogens with zero attached hydrogens (tertiary/aromatic N) is 2. The first-order valence-corrected chi connectivity index (χ1v) is 6.36. The van der Waals surface area contributed by atoms with Crippen LogP contribution in [0.5, 0.6) is 0 Å². The number of hydrogen-bond acceptors (Lipinski definition) is 4. The lowest BCUT2D eigenvalue weighted by atomic mass is 10.3. The number of aryl methyl sites for hydroxylation is 1. The van der Waals surface area contributed by atoms with E-state index < -0.39 is 11.7 Å². The Morgan fingerprint density at radius 2 is 2.14 bits per heavy atom. The third kappa shape index (κ3) is 3.85. The Kier molecular flexibility index (Phi) is 4.61. The zero-order valence-corrected chi connectivity index (χ0v) is 11.6. The van der Waals surface area contributed by atoms with Gasteiger partial charge in [0, 0.05) is 12.6 Å². The van der Waals surface area contributed by atoms with Crippen LogP contribution in [0.15, 0.2) is 43.0 Å². The molecule has 5 nitrogen and oxygen atoms in total. The molecule has 0 aliphatic rings. The second-order valence-corrected chi connectivity index (χ2v) is 4.29. The first kappa shape index (κ1) is 14.6. The second-order valence-electron chi connectivity index (χ2n) is 4.29. The fourth-order valence-electron chi connectivity index (χ4n) is 1.70. The topological polar surface area (TPSA) is 66.9 Å². The van der Waals surface area contributed by atoms with Crippen LogP contribution < -0.4 is 10.6 Å². The molecule has 108 valence electrons. The van der Waals surface area contributed by atoms with Gasteiger partial charge >= 0.3 is 0 Å². The third-order valence-corrected chi connectivity index (χ3v) is 2.62. The van der Waals surface area contributed by atoms with E-state index in [0.717, 1.165) is 0 Å². The van der Waals surface area contributed by atoms with Gasteiger partial charge in [-0.3, -0.25) is 4.79 Å². The van der Waals surface area contributed by atoms with Gasteiger partial charge in [0.05, 0.1) is 5.69 Å². The zero-order valence-electron chi connectivity index (χ0n) is 11.6. The van der Waals surface area contributed by atoms with Crippen LogP contribution in [0.25, 0.3) is 0 Å². The highest BCUT2D eigenvalue weighted by Crippen LogP contribution is 2.14. The number of hydrogen-bond donors (Lipinski definition) is 2. The molecule has 0 radical (unpaired) electrons. The number of carbonyl (C=O) groups is 1. The number of aromatic nitrogens is 2. The molecular weight excluding hydrogens is 271 g/mol. The number of nitrogens with one attached hydrogen (secondary N) is 2. The molecule has 0 aliphatic heterocycles. The molecule has 0 atom stereocenters. The minimum Gasteiger partial charge on any atom is -0.366 e. The Morgan fingerprint density at radius 3 is 2.86 bits per heavy atom. The molecule has 1 aromatic carbocycles. The first-order chi connectivity index (χ1) is 10.1. The smallest absolute Gasteiger partial charge is 0.274 e. The summed E-state index contributed by atoms with van der Waals surface area (Å²) in [6.07, 6.45) is 1.68. The average molecular weight is 286 g/mol. The van der Waals surface area contributed by atoms with Gasteiger partial charge in [-0.25, -0.2) is 14.4 Å². The fraction of sp³-hybridized carbons (Fsp3) is 0.133. The Hall–Kier alpha value is -2.76. The van der Waals surface area contributed by atoms with Crippen LogP contribution in [0, 0.1) is 12.7 Å². The molecule has 1 heterocycles. The fourth-order valence-corrected chi connectivity index (χ4v) is 1.70. The van der Waals surface area contributed by atoms with Gasteiger partial charge in [0.1, 0.15) is 23.2 Å². The number of para-hydroxylation sites is 1. The maximum absolute atomic E-state index is 13.5. The summed E-state index contributed by atoms with van der Waals surface area (Å²) in [5, 5.41) is 5.47. The minimum atomic E-state index is -0.498. The van der Waals surface area contributed by atoms with Gasteiger partial charge < -0.3 is 10.6 Å². The van der Waals surface area contributed by atoms with Crippen LogP contribution in [0.2, 0.25) is 0 Å². The van der Waals surface area contributed by atoms with Crippen molar-refractivity contribution in [2.24, 2.45) is 0 Å². The van der Waals surface area contributed by atoms with E-state index >= 15 is 0 Å². The lowest BCUT2D eigenvalue weighted by Gasteiger charge is -2.08. The summed E-state index contributed by atoms with van der Waals surface area (Å²) in [7, 11) is 0. The predicted octanol–water partition coefficient (Wildman–Crippen LogP) is 2.77.